The second kappa shape index (κ2) is 5.61. The van der Waals surface area contributed by atoms with Gasteiger partial charge in [-0.05, 0) is 42.6 Å². The Morgan fingerprint density at radius 1 is 1.25 bits per heavy atom. The molecule has 0 aliphatic heterocycles. The number of rotatable bonds is 5. The minimum Gasteiger partial charge on any atom is -0.305 e. The van der Waals surface area contributed by atoms with Gasteiger partial charge in [-0.15, -0.1) is 16.4 Å². The fourth-order valence-electron chi connectivity index (χ4n) is 1.93. The van der Waals surface area contributed by atoms with Gasteiger partial charge in [0.25, 0.3) is 0 Å². The number of thiophene rings is 1. The average molecular weight is 293 g/mol. The van der Waals surface area contributed by atoms with Crippen LogP contribution >= 0.6 is 11.3 Å². The molecule has 0 aliphatic carbocycles. The molecular weight excluding hydrogens is 270 g/mol. The number of nitrogens with one attached hydrogen (secondary N) is 1. The first-order valence-electron chi connectivity index (χ1n) is 6.82. The summed E-state index contributed by atoms with van der Waals surface area (Å²) < 4.78 is 1.90. The topological polar surface area (TPSA) is 55.6 Å². The molecule has 0 saturated heterocycles. The van der Waals surface area contributed by atoms with Crippen molar-refractivity contribution in [3.63, 3.8) is 0 Å². The maximum Gasteiger partial charge on any atom is 0.165 e. The van der Waals surface area contributed by atoms with E-state index in [1.54, 1.807) is 11.3 Å². The van der Waals surface area contributed by atoms with Crippen molar-refractivity contribution < 1.29 is 0 Å². The first-order chi connectivity index (χ1) is 9.28. The van der Waals surface area contributed by atoms with E-state index in [1.165, 1.54) is 4.88 Å². The summed E-state index contributed by atoms with van der Waals surface area (Å²) in [4.78, 5) is 1.35. The Bertz CT molecular complexity index is 536. The van der Waals surface area contributed by atoms with E-state index in [0.29, 0.717) is 6.54 Å². The Morgan fingerprint density at radius 2 is 2.00 bits per heavy atom. The normalized spacial score (nSPS) is 12.8. The molecule has 2 heterocycles. The summed E-state index contributed by atoms with van der Waals surface area (Å²) in [6.45, 7) is 12.3. The number of hydrogen-bond acceptors (Lipinski definition) is 5. The van der Waals surface area contributed by atoms with Crippen LogP contribution in [0.4, 0.5) is 0 Å². The van der Waals surface area contributed by atoms with Gasteiger partial charge in [-0.2, -0.15) is 0 Å². The van der Waals surface area contributed by atoms with E-state index in [1.807, 2.05) is 4.68 Å². The molecule has 0 aromatic carbocycles. The number of aromatic nitrogens is 4. The molecule has 110 valence electrons. The van der Waals surface area contributed by atoms with Crippen LogP contribution in [0.2, 0.25) is 0 Å². The van der Waals surface area contributed by atoms with Gasteiger partial charge in [0.15, 0.2) is 5.82 Å². The Balaban J connectivity index is 2.09. The first kappa shape index (κ1) is 15.1. The van der Waals surface area contributed by atoms with Crippen LogP contribution in [0.3, 0.4) is 0 Å². The fraction of sp³-hybridized carbons (Fsp3) is 0.643. The zero-order chi connectivity index (χ0) is 14.8. The van der Waals surface area contributed by atoms with Crippen molar-refractivity contribution in [3.8, 4) is 0 Å². The minimum atomic E-state index is 0.0278. The predicted molar refractivity (Wildman–Crippen MR) is 81.8 cm³/mol. The zero-order valence-electron chi connectivity index (χ0n) is 12.8. The lowest BCUT2D eigenvalue weighted by Gasteiger charge is -2.24. The average Bonchev–Trinajstić information content (AvgIpc) is 2.95. The summed E-state index contributed by atoms with van der Waals surface area (Å²) in [5.74, 6) is 0.879. The monoisotopic (exact) mass is 293 g/mol. The minimum absolute atomic E-state index is 0.0278. The van der Waals surface area contributed by atoms with Gasteiger partial charge >= 0.3 is 0 Å². The highest BCUT2D eigenvalue weighted by Gasteiger charge is 2.24. The van der Waals surface area contributed by atoms with Crippen LogP contribution < -0.4 is 5.32 Å². The van der Waals surface area contributed by atoms with Crippen molar-refractivity contribution in [1.29, 1.82) is 0 Å². The summed E-state index contributed by atoms with van der Waals surface area (Å²) >= 11 is 1.78. The molecule has 20 heavy (non-hydrogen) atoms. The highest BCUT2D eigenvalue weighted by atomic mass is 32.1. The van der Waals surface area contributed by atoms with Gasteiger partial charge in [0.05, 0.1) is 13.1 Å². The predicted octanol–water partition coefficient (Wildman–Crippen LogP) is 2.60. The first-order valence-corrected chi connectivity index (χ1v) is 7.70. The maximum absolute atomic E-state index is 4.13. The molecular formula is C14H23N5S. The fourth-order valence-corrected chi connectivity index (χ4v) is 2.78. The maximum atomic E-state index is 4.13. The van der Waals surface area contributed by atoms with Crippen LogP contribution in [0.1, 0.15) is 45.3 Å². The number of tetrazole rings is 1. The molecule has 0 atom stereocenters. The Morgan fingerprint density at radius 3 is 2.60 bits per heavy atom. The Labute approximate surface area is 124 Å². The summed E-state index contributed by atoms with van der Waals surface area (Å²) in [7, 11) is 0. The van der Waals surface area contributed by atoms with Crippen molar-refractivity contribution >= 4 is 11.3 Å². The van der Waals surface area contributed by atoms with Gasteiger partial charge in [-0.25, -0.2) is 4.68 Å². The van der Waals surface area contributed by atoms with E-state index in [-0.39, 0.29) is 11.0 Å². The SMILES string of the molecule is CC(C)(C)NCc1nnnn1CC(C)(C)c1cccs1. The van der Waals surface area contributed by atoms with E-state index < -0.39 is 0 Å². The number of hydrogen-bond donors (Lipinski definition) is 1. The molecule has 1 N–H and O–H groups in total. The van der Waals surface area contributed by atoms with Crippen molar-refractivity contribution in [2.24, 2.45) is 0 Å². The van der Waals surface area contributed by atoms with E-state index >= 15 is 0 Å². The molecule has 0 fully saturated rings. The standard InChI is InChI=1S/C14H23N5S/c1-13(2,3)15-9-12-16-17-18-19(12)10-14(4,5)11-7-6-8-20-11/h6-8,15H,9-10H2,1-5H3. The van der Waals surface area contributed by atoms with Crippen molar-refractivity contribution in [2.45, 2.75) is 58.7 Å². The molecule has 0 spiro atoms. The molecule has 0 bridgehead atoms. The lowest BCUT2D eigenvalue weighted by molar-refractivity contribution is 0.374. The van der Waals surface area contributed by atoms with Crippen molar-refractivity contribution in [1.82, 2.24) is 25.5 Å². The molecule has 2 aromatic rings. The highest BCUT2D eigenvalue weighted by Crippen LogP contribution is 2.29. The molecule has 2 rings (SSSR count). The molecule has 0 saturated carbocycles. The van der Waals surface area contributed by atoms with Gasteiger partial charge in [0.1, 0.15) is 0 Å². The Kier molecular flexibility index (Phi) is 4.25. The molecule has 6 heteroatoms. The third-order valence-corrected chi connectivity index (χ3v) is 4.35. The van der Waals surface area contributed by atoms with Crippen LogP contribution in [0.5, 0.6) is 0 Å². The van der Waals surface area contributed by atoms with Gasteiger partial charge in [-0.3, -0.25) is 0 Å². The van der Waals surface area contributed by atoms with Crippen molar-refractivity contribution in [2.75, 3.05) is 0 Å². The third-order valence-electron chi connectivity index (χ3n) is 3.12. The van der Waals surface area contributed by atoms with Crippen LogP contribution in [0.15, 0.2) is 17.5 Å². The molecule has 5 nitrogen and oxygen atoms in total. The summed E-state index contributed by atoms with van der Waals surface area (Å²) in [6, 6.07) is 4.26. The molecule has 0 amide bonds. The van der Waals surface area contributed by atoms with Gasteiger partial charge in [-0.1, -0.05) is 19.9 Å². The number of nitrogens with zero attached hydrogens (tertiary/aromatic N) is 4. The molecule has 0 aliphatic rings. The van der Waals surface area contributed by atoms with E-state index in [4.69, 9.17) is 0 Å². The second-order valence-electron chi connectivity index (χ2n) is 6.72. The largest absolute Gasteiger partial charge is 0.305 e. The van der Waals surface area contributed by atoms with Gasteiger partial charge in [0, 0.05) is 15.8 Å². The van der Waals surface area contributed by atoms with E-state index in [2.05, 4.69) is 73.0 Å². The van der Waals surface area contributed by atoms with E-state index in [9.17, 15) is 0 Å². The summed E-state index contributed by atoms with van der Waals surface area (Å²) in [5, 5.41) is 17.6. The van der Waals surface area contributed by atoms with Crippen LogP contribution in [0, 0.1) is 0 Å². The van der Waals surface area contributed by atoms with Gasteiger partial charge in [0.2, 0.25) is 0 Å². The quantitative estimate of drug-likeness (QED) is 0.920. The third kappa shape index (κ3) is 3.86. The van der Waals surface area contributed by atoms with E-state index in [0.717, 1.165) is 12.4 Å². The van der Waals surface area contributed by atoms with Crippen molar-refractivity contribution in [3.05, 3.63) is 28.2 Å². The molecule has 0 radical (unpaired) electrons. The Hall–Kier alpha value is -1.27. The summed E-state index contributed by atoms with van der Waals surface area (Å²) in [5.41, 5.74) is 0.0834. The molecule has 0 unspecified atom stereocenters. The highest BCUT2D eigenvalue weighted by molar-refractivity contribution is 7.10. The zero-order valence-corrected chi connectivity index (χ0v) is 13.7. The van der Waals surface area contributed by atoms with Crippen LogP contribution in [-0.4, -0.2) is 25.7 Å². The lowest BCUT2D eigenvalue weighted by atomic mass is 9.91. The lowest BCUT2D eigenvalue weighted by Crippen LogP contribution is -2.36. The smallest absolute Gasteiger partial charge is 0.165 e. The van der Waals surface area contributed by atoms with Crippen LogP contribution in [-0.2, 0) is 18.5 Å². The second-order valence-corrected chi connectivity index (χ2v) is 7.67. The molecule has 2 aromatic heterocycles. The summed E-state index contributed by atoms with van der Waals surface area (Å²) in [6.07, 6.45) is 0. The van der Waals surface area contributed by atoms with Gasteiger partial charge < -0.3 is 5.32 Å². The van der Waals surface area contributed by atoms with Crippen LogP contribution in [0.25, 0.3) is 0 Å².